The fraction of sp³-hybridized carbons (Fsp3) is 0.0741. The number of para-hydroxylation sites is 2. The number of amides is 2. The zero-order chi connectivity index (χ0) is 23.8. The minimum absolute atomic E-state index is 0.166. The fourth-order valence-electron chi connectivity index (χ4n) is 3.37. The number of rotatable bonds is 8. The van der Waals surface area contributed by atoms with Gasteiger partial charge in [-0.3, -0.25) is 9.59 Å². The Morgan fingerprint density at radius 1 is 0.853 bits per heavy atom. The minimum atomic E-state index is -0.403. The van der Waals surface area contributed by atoms with Crippen LogP contribution >= 0.6 is 0 Å². The third kappa shape index (κ3) is 5.58. The van der Waals surface area contributed by atoms with E-state index in [1.807, 2.05) is 54.6 Å². The first-order valence-electron chi connectivity index (χ1n) is 10.6. The van der Waals surface area contributed by atoms with Crippen LogP contribution in [0.15, 0.2) is 96.1 Å². The molecule has 4 aromatic carbocycles. The summed E-state index contributed by atoms with van der Waals surface area (Å²) >= 11 is 0. The van der Waals surface area contributed by atoms with Crippen LogP contribution in [0.1, 0.15) is 15.9 Å². The summed E-state index contributed by atoms with van der Waals surface area (Å²) in [5, 5.41) is 8.73. The molecule has 0 aromatic heterocycles. The van der Waals surface area contributed by atoms with E-state index in [2.05, 4.69) is 15.8 Å². The van der Waals surface area contributed by atoms with Crippen molar-refractivity contribution in [3.63, 3.8) is 0 Å². The summed E-state index contributed by atoms with van der Waals surface area (Å²) in [6.07, 6.45) is 1.47. The standard InChI is InChI=1S/C27H23N3O4/c1-33-25-16-20-10-6-5-9-19(20)15-23(25)27(32)30-28-17-21-11-7-8-14-24(21)34-18-26(31)29-22-12-3-2-4-13-22/h2-17H,18H2,1H3,(H,29,31)(H,30,32)/b28-17-. The first-order chi connectivity index (χ1) is 16.6. The van der Waals surface area contributed by atoms with Gasteiger partial charge >= 0.3 is 0 Å². The second kappa shape index (κ2) is 10.8. The number of hydrogen-bond donors (Lipinski definition) is 2. The third-order valence-electron chi connectivity index (χ3n) is 5.02. The number of methoxy groups -OCH3 is 1. The Hall–Kier alpha value is -4.65. The molecule has 7 heteroatoms. The van der Waals surface area contributed by atoms with Crippen LogP contribution < -0.4 is 20.2 Å². The molecule has 4 rings (SSSR count). The molecule has 2 N–H and O–H groups in total. The highest BCUT2D eigenvalue weighted by atomic mass is 16.5. The smallest absolute Gasteiger partial charge is 0.275 e. The number of nitrogens with one attached hydrogen (secondary N) is 2. The Kier molecular flexibility index (Phi) is 7.15. The summed E-state index contributed by atoms with van der Waals surface area (Å²) in [6, 6.07) is 27.5. The zero-order valence-corrected chi connectivity index (χ0v) is 18.5. The highest BCUT2D eigenvalue weighted by Gasteiger charge is 2.13. The summed E-state index contributed by atoms with van der Waals surface area (Å²) < 4.78 is 11.0. The van der Waals surface area contributed by atoms with E-state index < -0.39 is 5.91 Å². The molecule has 0 radical (unpaired) electrons. The Morgan fingerprint density at radius 3 is 2.29 bits per heavy atom. The Labute approximate surface area is 197 Å². The maximum atomic E-state index is 12.7. The number of benzene rings is 4. The van der Waals surface area contributed by atoms with Crippen molar-refractivity contribution >= 4 is 34.5 Å². The number of fused-ring (bicyclic) bond motifs is 1. The molecule has 0 fully saturated rings. The molecule has 0 saturated heterocycles. The number of hydrogen-bond acceptors (Lipinski definition) is 5. The first kappa shape index (κ1) is 22.5. The average Bonchev–Trinajstić information content (AvgIpc) is 2.87. The van der Waals surface area contributed by atoms with Gasteiger partial charge in [-0.25, -0.2) is 5.43 Å². The van der Waals surface area contributed by atoms with Crippen molar-refractivity contribution in [3.05, 3.63) is 102 Å². The van der Waals surface area contributed by atoms with E-state index in [1.165, 1.54) is 13.3 Å². The van der Waals surface area contributed by atoms with Gasteiger partial charge in [0, 0.05) is 11.3 Å². The third-order valence-corrected chi connectivity index (χ3v) is 5.02. The molecule has 4 aromatic rings. The monoisotopic (exact) mass is 453 g/mol. The lowest BCUT2D eigenvalue weighted by atomic mass is 10.1. The number of carbonyl (C=O) groups is 2. The van der Waals surface area contributed by atoms with Gasteiger partial charge in [0.1, 0.15) is 11.5 Å². The van der Waals surface area contributed by atoms with E-state index in [0.29, 0.717) is 28.3 Å². The predicted octanol–water partition coefficient (Wildman–Crippen LogP) is 4.63. The Bertz CT molecular complexity index is 1340. The van der Waals surface area contributed by atoms with E-state index in [0.717, 1.165) is 10.8 Å². The molecule has 34 heavy (non-hydrogen) atoms. The van der Waals surface area contributed by atoms with E-state index in [-0.39, 0.29) is 12.5 Å². The van der Waals surface area contributed by atoms with E-state index in [1.54, 1.807) is 36.4 Å². The summed E-state index contributed by atoms with van der Waals surface area (Å²) in [4.78, 5) is 24.9. The van der Waals surface area contributed by atoms with Crippen molar-refractivity contribution in [1.29, 1.82) is 0 Å². The van der Waals surface area contributed by atoms with Crippen molar-refractivity contribution in [1.82, 2.24) is 5.43 Å². The number of carbonyl (C=O) groups excluding carboxylic acids is 2. The molecule has 0 bridgehead atoms. The lowest BCUT2D eigenvalue weighted by molar-refractivity contribution is -0.118. The topological polar surface area (TPSA) is 89.0 Å². The van der Waals surface area contributed by atoms with E-state index in [4.69, 9.17) is 9.47 Å². The van der Waals surface area contributed by atoms with Crippen LogP contribution in [0.3, 0.4) is 0 Å². The van der Waals surface area contributed by atoms with Crippen LogP contribution in [0.2, 0.25) is 0 Å². The average molecular weight is 453 g/mol. The molecular formula is C27H23N3O4. The Balaban J connectivity index is 1.41. The van der Waals surface area contributed by atoms with Gasteiger partial charge in [-0.1, -0.05) is 54.6 Å². The molecule has 0 heterocycles. The normalized spacial score (nSPS) is 10.7. The number of anilines is 1. The van der Waals surface area contributed by atoms with Crippen LogP contribution in [0.25, 0.3) is 10.8 Å². The predicted molar refractivity (Wildman–Crippen MR) is 133 cm³/mol. The minimum Gasteiger partial charge on any atom is -0.496 e. The highest BCUT2D eigenvalue weighted by molar-refractivity contribution is 6.02. The molecule has 0 aliphatic heterocycles. The SMILES string of the molecule is COc1cc2ccccc2cc1C(=O)N/N=C\c1ccccc1OCC(=O)Nc1ccccc1. The van der Waals surface area contributed by atoms with Crippen LogP contribution in [0.5, 0.6) is 11.5 Å². The number of hydrazone groups is 1. The van der Waals surface area contributed by atoms with Crippen molar-refractivity contribution in [3.8, 4) is 11.5 Å². The summed E-state index contributed by atoms with van der Waals surface area (Å²) in [7, 11) is 1.52. The molecule has 0 unspecified atom stereocenters. The molecule has 0 spiro atoms. The maximum Gasteiger partial charge on any atom is 0.275 e. The highest BCUT2D eigenvalue weighted by Crippen LogP contribution is 2.26. The fourth-order valence-corrected chi connectivity index (χ4v) is 3.37. The van der Waals surface area contributed by atoms with Crippen LogP contribution in [-0.4, -0.2) is 31.7 Å². The molecule has 0 saturated carbocycles. The maximum absolute atomic E-state index is 12.7. The van der Waals surface area contributed by atoms with Crippen LogP contribution in [0, 0.1) is 0 Å². The molecule has 0 atom stereocenters. The molecule has 170 valence electrons. The van der Waals surface area contributed by atoms with Gasteiger partial charge in [0.25, 0.3) is 11.8 Å². The van der Waals surface area contributed by atoms with E-state index >= 15 is 0 Å². The number of ether oxygens (including phenoxy) is 2. The quantitative estimate of drug-likeness (QED) is 0.301. The van der Waals surface area contributed by atoms with Crippen molar-refractivity contribution in [2.24, 2.45) is 5.10 Å². The largest absolute Gasteiger partial charge is 0.496 e. The van der Waals surface area contributed by atoms with Gasteiger partial charge in [-0.05, 0) is 47.2 Å². The van der Waals surface area contributed by atoms with Gasteiger partial charge in [0.2, 0.25) is 0 Å². The molecule has 0 aliphatic carbocycles. The van der Waals surface area contributed by atoms with Crippen molar-refractivity contribution in [2.45, 2.75) is 0 Å². The Morgan fingerprint density at radius 2 is 1.53 bits per heavy atom. The molecule has 0 aliphatic rings. The summed E-state index contributed by atoms with van der Waals surface area (Å²) in [5.74, 6) is 0.237. The zero-order valence-electron chi connectivity index (χ0n) is 18.5. The van der Waals surface area contributed by atoms with Gasteiger partial charge in [-0.2, -0.15) is 5.10 Å². The first-order valence-corrected chi connectivity index (χ1v) is 10.6. The lowest BCUT2D eigenvalue weighted by Crippen LogP contribution is -2.20. The van der Waals surface area contributed by atoms with Gasteiger partial charge in [0.05, 0.1) is 18.9 Å². The summed E-state index contributed by atoms with van der Waals surface area (Å²) in [5.41, 5.74) is 4.21. The number of nitrogens with zero attached hydrogens (tertiary/aromatic N) is 1. The van der Waals surface area contributed by atoms with Crippen molar-refractivity contribution < 1.29 is 19.1 Å². The molecule has 2 amide bonds. The summed E-state index contributed by atoms with van der Waals surface area (Å²) in [6.45, 7) is -0.166. The van der Waals surface area contributed by atoms with Crippen LogP contribution in [-0.2, 0) is 4.79 Å². The molecule has 7 nitrogen and oxygen atoms in total. The van der Waals surface area contributed by atoms with E-state index in [9.17, 15) is 9.59 Å². The second-order valence-corrected chi connectivity index (χ2v) is 7.34. The second-order valence-electron chi connectivity index (χ2n) is 7.34. The van der Waals surface area contributed by atoms with Crippen molar-refractivity contribution in [2.75, 3.05) is 19.0 Å². The lowest BCUT2D eigenvalue weighted by Gasteiger charge is -2.10. The van der Waals surface area contributed by atoms with Gasteiger partial charge in [-0.15, -0.1) is 0 Å². The molecular weight excluding hydrogens is 430 g/mol. The van der Waals surface area contributed by atoms with Gasteiger partial charge < -0.3 is 14.8 Å². The van der Waals surface area contributed by atoms with Crippen LogP contribution in [0.4, 0.5) is 5.69 Å². The van der Waals surface area contributed by atoms with Gasteiger partial charge in [0.15, 0.2) is 6.61 Å².